The first-order valence-corrected chi connectivity index (χ1v) is 6.20. The summed E-state index contributed by atoms with van der Waals surface area (Å²) in [6, 6.07) is 1.71. The highest BCUT2D eigenvalue weighted by molar-refractivity contribution is 5.93. The van der Waals surface area contributed by atoms with Crippen LogP contribution in [0.25, 0.3) is 0 Å². The fraction of sp³-hybridized carbons (Fsp3) is 0.385. The molecule has 0 bridgehead atoms. The molecule has 0 aliphatic rings. The molecule has 0 aromatic carbocycles. The number of rotatable bonds is 4. The summed E-state index contributed by atoms with van der Waals surface area (Å²) in [5.74, 6) is -0.0394. The van der Waals surface area contributed by atoms with E-state index in [0.717, 1.165) is 12.1 Å². The third kappa shape index (κ3) is 2.78. The number of nitrogens with zero attached hydrogens (tertiary/aromatic N) is 4. The summed E-state index contributed by atoms with van der Waals surface area (Å²) in [6.45, 7) is 3.23. The van der Waals surface area contributed by atoms with Crippen molar-refractivity contribution in [1.82, 2.24) is 19.2 Å². The van der Waals surface area contributed by atoms with Crippen LogP contribution in [0.5, 0.6) is 0 Å². The highest BCUT2D eigenvalue weighted by Crippen LogP contribution is 2.14. The largest absolute Gasteiger partial charge is 0.397 e. The van der Waals surface area contributed by atoms with Gasteiger partial charge in [0.15, 0.2) is 0 Å². The summed E-state index contributed by atoms with van der Waals surface area (Å²) in [7, 11) is 3.63. The molecule has 0 spiro atoms. The number of aryl methyl sites for hydroxylation is 2. The zero-order valence-electron chi connectivity index (χ0n) is 11.5. The zero-order valence-corrected chi connectivity index (χ0v) is 11.5. The second-order valence-electron chi connectivity index (χ2n) is 4.63. The molecule has 0 saturated heterocycles. The maximum atomic E-state index is 12.4. The van der Waals surface area contributed by atoms with E-state index in [4.69, 9.17) is 5.73 Å². The monoisotopic (exact) mass is 261 g/mol. The van der Waals surface area contributed by atoms with Crippen LogP contribution in [0.15, 0.2) is 24.7 Å². The van der Waals surface area contributed by atoms with E-state index >= 15 is 0 Å². The molecule has 0 radical (unpaired) electrons. The minimum absolute atomic E-state index is 0.0394. The molecule has 2 heterocycles. The molecule has 0 unspecified atom stereocenters. The molecular formula is C13H19N5O. The van der Waals surface area contributed by atoms with Crippen molar-refractivity contribution in [2.45, 2.75) is 20.0 Å². The van der Waals surface area contributed by atoms with E-state index in [1.807, 2.05) is 24.7 Å². The first kappa shape index (κ1) is 13.2. The van der Waals surface area contributed by atoms with Crippen LogP contribution in [0.2, 0.25) is 0 Å². The Bertz CT molecular complexity index is 584. The van der Waals surface area contributed by atoms with Gasteiger partial charge in [-0.2, -0.15) is 5.10 Å². The molecule has 102 valence electrons. The molecule has 2 aromatic heterocycles. The number of aromatic nitrogens is 3. The molecule has 19 heavy (non-hydrogen) atoms. The van der Waals surface area contributed by atoms with E-state index in [0.29, 0.717) is 17.9 Å². The van der Waals surface area contributed by atoms with Gasteiger partial charge in [0.2, 0.25) is 0 Å². The molecule has 0 aliphatic carbocycles. The van der Waals surface area contributed by atoms with E-state index in [-0.39, 0.29) is 5.91 Å². The van der Waals surface area contributed by atoms with Crippen molar-refractivity contribution in [3.63, 3.8) is 0 Å². The molecule has 2 rings (SSSR count). The van der Waals surface area contributed by atoms with Gasteiger partial charge in [0.25, 0.3) is 5.91 Å². The lowest BCUT2D eigenvalue weighted by molar-refractivity contribution is 0.0774. The Balaban J connectivity index is 2.14. The van der Waals surface area contributed by atoms with Gasteiger partial charge in [0, 0.05) is 45.1 Å². The Labute approximate surface area is 112 Å². The van der Waals surface area contributed by atoms with Gasteiger partial charge in [0.05, 0.1) is 11.9 Å². The lowest BCUT2D eigenvalue weighted by Crippen LogP contribution is -2.28. The predicted molar refractivity (Wildman–Crippen MR) is 73.5 cm³/mol. The van der Waals surface area contributed by atoms with Gasteiger partial charge in [-0.15, -0.1) is 0 Å². The Hall–Kier alpha value is -2.24. The summed E-state index contributed by atoms with van der Waals surface area (Å²) in [6.07, 6.45) is 5.44. The van der Waals surface area contributed by atoms with Crippen LogP contribution in [0.4, 0.5) is 5.69 Å². The van der Waals surface area contributed by atoms with Gasteiger partial charge in [0.1, 0.15) is 5.69 Å². The van der Waals surface area contributed by atoms with Gasteiger partial charge >= 0.3 is 0 Å². The van der Waals surface area contributed by atoms with Crippen molar-refractivity contribution in [3.05, 3.63) is 35.9 Å². The number of hydrogen-bond donors (Lipinski definition) is 1. The van der Waals surface area contributed by atoms with Crippen molar-refractivity contribution < 1.29 is 4.79 Å². The van der Waals surface area contributed by atoms with E-state index in [1.54, 1.807) is 35.1 Å². The normalized spacial score (nSPS) is 10.7. The standard InChI is InChI=1S/C13H19N5O/c1-4-18-9-11(14)5-12(18)13(19)16(2)7-10-6-15-17(3)8-10/h5-6,8-9H,4,7,14H2,1-3H3. The second-order valence-corrected chi connectivity index (χ2v) is 4.63. The van der Waals surface area contributed by atoms with Crippen molar-refractivity contribution >= 4 is 11.6 Å². The zero-order chi connectivity index (χ0) is 14.0. The van der Waals surface area contributed by atoms with E-state index in [2.05, 4.69) is 5.10 Å². The molecule has 2 aromatic rings. The quantitative estimate of drug-likeness (QED) is 0.896. The van der Waals surface area contributed by atoms with Gasteiger partial charge in [-0.05, 0) is 13.0 Å². The molecule has 2 N–H and O–H groups in total. The molecule has 6 heteroatoms. The lowest BCUT2D eigenvalue weighted by Gasteiger charge is -2.17. The Morgan fingerprint density at radius 2 is 2.21 bits per heavy atom. The number of amides is 1. The molecule has 6 nitrogen and oxygen atoms in total. The minimum Gasteiger partial charge on any atom is -0.397 e. The highest BCUT2D eigenvalue weighted by Gasteiger charge is 2.17. The average Bonchev–Trinajstić information content (AvgIpc) is 2.94. The van der Waals surface area contributed by atoms with Gasteiger partial charge in [-0.1, -0.05) is 0 Å². The van der Waals surface area contributed by atoms with E-state index < -0.39 is 0 Å². The van der Waals surface area contributed by atoms with Gasteiger partial charge < -0.3 is 15.2 Å². The summed E-state index contributed by atoms with van der Waals surface area (Å²) < 4.78 is 3.58. The summed E-state index contributed by atoms with van der Waals surface area (Å²) in [4.78, 5) is 14.0. The SMILES string of the molecule is CCn1cc(N)cc1C(=O)N(C)Cc1cnn(C)c1. The topological polar surface area (TPSA) is 69.1 Å². The third-order valence-corrected chi connectivity index (χ3v) is 3.00. The third-order valence-electron chi connectivity index (χ3n) is 3.00. The Kier molecular flexibility index (Phi) is 3.59. The second kappa shape index (κ2) is 5.17. The highest BCUT2D eigenvalue weighted by atomic mass is 16.2. The van der Waals surface area contributed by atoms with Crippen LogP contribution in [-0.4, -0.2) is 32.2 Å². The van der Waals surface area contributed by atoms with Crippen LogP contribution in [-0.2, 0) is 20.1 Å². The molecule has 1 amide bonds. The minimum atomic E-state index is -0.0394. The maximum absolute atomic E-state index is 12.4. The number of carbonyl (C=O) groups excluding carboxylic acids is 1. The Morgan fingerprint density at radius 1 is 1.47 bits per heavy atom. The molecule has 0 fully saturated rings. The number of hydrogen-bond acceptors (Lipinski definition) is 3. The van der Waals surface area contributed by atoms with E-state index in [1.165, 1.54) is 0 Å². The molecule has 0 aliphatic heterocycles. The first-order valence-electron chi connectivity index (χ1n) is 6.20. The average molecular weight is 261 g/mol. The molecule has 0 saturated carbocycles. The number of nitrogens with two attached hydrogens (primary N) is 1. The lowest BCUT2D eigenvalue weighted by atomic mass is 10.3. The van der Waals surface area contributed by atoms with Gasteiger partial charge in [-0.3, -0.25) is 9.48 Å². The van der Waals surface area contributed by atoms with Crippen molar-refractivity contribution in [3.8, 4) is 0 Å². The smallest absolute Gasteiger partial charge is 0.270 e. The summed E-state index contributed by atoms with van der Waals surface area (Å²) in [5, 5.41) is 4.09. The maximum Gasteiger partial charge on any atom is 0.270 e. The van der Waals surface area contributed by atoms with Crippen LogP contribution in [0, 0.1) is 0 Å². The number of anilines is 1. The van der Waals surface area contributed by atoms with Crippen molar-refractivity contribution in [1.29, 1.82) is 0 Å². The fourth-order valence-electron chi connectivity index (χ4n) is 2.07. The van der Waals surface area contributed by atoms with Crippen molar-refractivity contribution in [2.24, 2.45) is 7.05 Å². The predicted octanol–water partition coefficient (Wildman–Crippen LogP) is 1.10. The van der Waals surface area contributed by atoms with E-state index in [9.17, 15) is 4.79 Å². The number of carbonyl (C=O) groups is 1. The molecule has 0 atom stereocenters. The van der Waals surface area contributed by atoms with Gasteiger partial charge in [-0.25, -0.2) is 0 Å². The van der Waals surface area contributed by atoms with Crippen LogP contribution in [0.3, 0.4) is 0 Å². The fourth-order valence-corrected chi connectivity index (χ4v) is 2.07. The van der Waals surface area contributed by atoms with Crippen LogP contribution >= 0.6 is 0 Å². The van der Waals surface area contributed by atoms with Crippen LogP contribution in [0.1, 0.15) is 23.0 Å². The Morgan fingerprint density at radius 3 is 2.79 bits per heavy atom. The first-order chi connectivity index (χ1) is 9.01. The van der Waals surface area contributed by atoms with Crippen molar-refractivity contribution in [2.75, 3.05) is 12.8 Å². The summed E-state index contributed by atoms with van der Waals surface area (Å²) in [5.41, 5.74) is 7.97. The summed E-state index contributed by atoms with van der Waals surface area (Å²) >= 11 is 0. The number of nitrogen functional groups attached to an aromatic ring is 1. The van der Waals surface area contributed by atoms with Crippen LogP contribution < -0.4 is 5.73 Å². The molecular weight excluding hydrogens is 242 g/mol.